The molecular formula is C16H22O2. The van der Waals surface area contributed by atoms with E-state index in [1.54, 1.807) is 7.11 Å². The van der Waals surface area contributed by atoms with Crippen molar-refractivity contribution in [1.82, 2.24) is 0 Å². The normalized spacial score (nSPS) is 24.6. The standard InChI is InChI=1S/C16H22O2/c1-11-5-8-15-13(3)10-18-16(15)12(2)6-7-14(9-11)17-4/h5-7,10,12,14H,8-9H2,1-4H3. The number of hydrogen-bond donors (Lipinski definition) is 0. The molecule has 0 aliphatic heterocycles. The van der Waals surface area contributed by atoms with Crippen LogP contribution in [-0.2, 0) is 11.2 Å². The van der Waals surface area contributed by atoms with Crippen LogP contribution in [0.4, 0.5) is 0 Å². The summed E-state index contributed by atoms with van der Waals surface area (Å²) >= 11 is 0. The maximum absolute atomic E-state index is 5.71. The fourth-order valence-corrected chi connectivity index (χ4v) is 2.42. The number of hydrogen-bond acceptors (Lipinski definition) is 2. The monoisotopic (exact) mass is 246 g/mol. The van der Waals surface area contributed by atoms with Crippen LogP contribution in [0.5, 0.6) is 0 Å². The largest absolute Gasteiger partial charge is 0.468 e. The highest BCUT2D eigenvalue weighted by Gasteiger charge is 2.16. The first-order valence-corrected chi connectivity index (χ1v) is 6.55. The molecule has 1 aromatic heterocycles. The lowest BCUT2D eigenvalue weighted by Crippen LogP contribution is -2.09. The Morgan fingerprint density at radius 3 is 2.78 bits per heavy atom. The van der Waals surface area contributed by atoms with Crippen molar-refractivity contribution in [3.8, 4) is 0 Å². The van der Waals surface area contributed by atoms with E-state index in [-0.39, 0.29) is 6.10 Å². The van der Waals surface area contributed by atoms with Crippen molar-refractivity contribution in [2.24, 2.45) is 0 Å². The average molecular weight is 246 g/mol. The number of ether oxygens (including phenoxy) is 1. The number of allylic oxidation sites excluding steroid dienone is 2. The highest BCUT2D eigenvalue weighted by Crippen LogP contribution is 2.28. The Bertz CT molecular complexity index is 465. The number of rotatable bonds is 1. The fraction of sp³-hybridized carbons (Fsp3) is 0.500. The van der Waals surface area contributed by atoms with Crippen LogP contribution < -0.4 is 0 Å². The molecule has 1 aromatic rings. The Kier molecular flexibility index (Phi) is 4.07. The number of aryl methyl sites for hydroxylation is 1. The molecule has 2 heteroatoms. The zero-order valence-corrected chi connectivity index (χ0v) is 11.7. The third-order valence-electron chi connectivity index (χ3n) is 3.64. The van der Waals surface area contributed by atoms with Crippen LogP contribution in [0.1, 0.15) is 43.1 Å². The summed E-state index contributed by atoms with van der Waals surface area (Å²) in [6, 6.07) is 0. The summed E-state index contributed by atoms with van der Waals surface area (Å²) in [6.45, 7) is 6.45. The third-order valence-corrected chi connectivity index (χ3v) is 3.64. The van der Waals surface area contributed by atoms with Crippen LogP contribution in [-0.4, -0.2) is 13.2 Å². The van der Waals surface area contributed by atoms with E-state index in [0.29, 0.717) is 5.92 Å². The number of methoxy groups -OCH3 is 1. The third kappa shape index (κ3) is 2.75. The van der Waals surface area contributed by atoms with Gasteiger partial charge in [-0.05, 0) is 32.3 Å². The Balaban J connectivity index is 2.38. The van der Waals surface area contributed by atoms with Gasteiger partial charge in [0, 0.05) is 18.6 Å². The molecular weight excluding hydrogens is 224 g/mol. The van der Waals surface area contributed by atoms with Crippen molar-refractivity contribution in [2.75, 3.05) is 7.11 Å². The predicted octanol–water partition coefficient (Wildman–Crippen LogP) is 4.16. The van der Waals surface area contributed by atoms with Gasteiger partial charge in [0.05, 0.1) is 12.4 Å². The molecule has 1 heterocycles. The Morgan fingerprint density at radius 1 is 1.28 bits per heavy atom. The van der Waals surface area contributed by atoms with Crippen molar-refractivity contribution in [1.29, 1.82) is 0 Å². The van der Waals surface area contributed by atoms with E-state index < -0.39 is 0 Å². The van der Waals surface area contributed by atoms with Gasteiger partial charge in [-0.1, -0.05) is 30.7 Å². The van der Waals surface area contributed by atoms with Gasteiger partial charge in [0.25, 0.3) is 0 Å². The van der Waals surface area contributed by atoms with Crippen LogP contribution in [0.25, 0.3) is 0 Å². The second kappa shape index (κ2) is 5.57. The van der Waals surface area contributed by atoms with Crippen molar-refractivity contribution in [3.05, 3.63) is 47.0 Å². The van der Waals surface area contributed by atoms with Gasteiger partial charge in [0.15, 0.2) is 0 Å². The highest BCUT2D eigenvalue weighted by molar-refractivity contribution is 5.34. The van der Waals surface area contributed by atoms with Crippen LogP contribution in [0, 0.1) is 6.92 Å². The molecule has 0 spiro atoms. The van der Waals surface area contributed by atoms with Gasteiger partial charge in [0.1, 0.15) is 5.76 Å². The Morgan fingerprint density at radius 2 is 2.06 bits per heavy atom. The lowest BCUT2D eigenvalue weighted by molar-refractivity contribution is 0.141. The van der Waals surface area contributed by atoms with Crippen molar-refractivity contribution in [3.63, 3.8) is 0 Å². The second-order valence-electron chi connectivity index (χ2n) is 5.17. The van der Waals surface area contributed by atoms with Crippen LogP contribution in [0.15, 0.2) is 34.5 Å². The average Bonchev–Trinajstić information content (AvgIpc) is 2.72. The number of furan rings is 1. The molecule has 2 unspecified atom stereocenters. The van der Waals surface area contributed by atoms with Gasteiger partial charge in [-0.3, -0.25) is 0 Å². The first-order chi connectivity index (χ1) is 8.61. The topological polar surface area (TPSA) is 22.4 Å². The van der Waals surface area contributed by atoms with Crippen molar-refractivity contribution >= 4 is 0 Å². The molecule has 98 valence electrons. The molecule has 0 bridgehead atoms. The summed E-state index contributed by atoms with van der Waals surface area (Å²) in [5.41, 5.74) is 3.95. The summed E-state index contributed by atoms with van der Waals surface area (Å²) in [7, 11) is 1.77. The second-order valence-corrected chi connectivity index (χ2v) is 5.17. The molecule has 2 nitrogen and oxygen atoms in total. The molecule has 0 amide bonds. The van der Waals surface area contributed by atoms with Crippen molar-refractivity contribution < 1.29 is 9.15 Å². The molecule has 1 aliphatic rings. The van der Waals surface area contributed by atoms with Gasteiger partial charge in [-0.25, -0.2) is 0 Å². The van der Waals surface area contributed by atoms with E-state index in [9.17, 15) is 0 Å². The maximum atomic E-state index is 5.71. The quantitative estimate of drug-likeness (QED) is 0.694. The number of fused-ring (bicyclic) bond motifs is 1. The van der Waals surface area contributed by atoms with E-state index in [1.165, 1.54) is 16.7 Å². The summed E-state index contributed by atoms with van der Waals surface area (Å²) in [4.78, 5) is 0. The SMILES string of the molecule is COC1C=CC(C)c2occ(C)c2CC=C(C)C1. The molecule has 1 aliphatic carbocycles. The summed E-state index contributed by atoms with van der Waals surface area (Å²) in [5, 5.41) is 0. The molecule has 2 atom stereocenters. The molecule has 0 radical (unpaired) electrons. The van der Waals surface area contributed by atoms with Crippen LogP contribution in [0.3, 0.4) is 0 Å². The Labute approximate surface area is 109 Å². The van der Waals surface area contributed by atoms with Gasteiger partial charge in [-0.2, -0.15) is 0 Å². The fourth-order valence-electron chi connectivity index (χ4n) is 2.42. The molecule has 0 fully saturated rings. The van der Waals surface area contributed by atoms with Crippen LogP contribution in [0.2, 0.25) is 0 Å². The Hall–Kier alpha value is -1.28. The van der Waals surface area contributed by atoms with E-state index in [4.69, 9.17) is 9.15 Å². The first-order valence-electron chi connectivity index (χ1n) is 6.55. The molecule has 0 saturated heterocycles. The summed E-state index contributed by atoms with van der Waals surface area (Å²) in [6.07, 6.45) is 10.6. The predicted molar refractivity (Wildman–Crippen MR) is 73.9 cm³/mol. The van der Waals surface area contributed by atoms with Gasteiger partial charge < -0.3 is 9.15 Å². The minimum absolute atomic E-state index is 0.168. The summed E-state index contributed by atoms with van der Waals surface area (Å²) < 4.78 is 11.2. The molecule has 2 rings (SSSR count). The zero-order chi connectivity index (χ0) is 13.1. The first kappa shape index (κ1) is 13.2. The molecule has 18 heavy (non-hydrogen) atoms. The van der Waals surface area contributed by atoms with Gasteiger partial charge >= 0.3 is 0 Å². The van der Waals surface area contributed by atoms with Crippen LogP contribution >= 0.6 is 0 Å². The minimum atomic E-state index is 0.168. The molecule has 0 saturated carbocycles. The van der Waals surface area contributed by atoms with Gasteiger partial charge in [0.2, 0.25) is 0 Å². The van der Waals surface area contributed by atoms with E-state index in [1.807, 2.05) is 6.26 Å². The van der Waals surface area contributed by atoms with Gasteiger partial charge in [-0.15, -0.1) is 0 Å². The molecule has 0 aromatic carbocycles. The maximum Gasteiger partial charge on any atom is 0.114 e. The van der Waals surface area contributed by atoms with E-state index in [2.05, 4.69) is 39.0 Å². The van der Waals surface area contributed by atoms with E-state index >= 15 is 0 Å². The lowest BCUT2D eigenvalue weighted by atomic mass is 9.95. The smallest absolute Gasteiger partial charge is 0.114 e. The lowest BCUT2D eigenvalue weighted by Gasteiger charge is -2.15. The molecule has 0 N–H and O–H groups in total. The zero-order valence-electron chi connectivity index (χ0n) is 11.7. The highest BCUT2D eigenvalue weighted by atomic mass is 16.5. The van der Waals surface area contributed by atoms with E-state index in [0.717, 1.165) is 18.6 Å². The minimum Gasteiger partial charge on any atom is -0.468 e. The summed E-state index contributed by atoms with van der Waals surface area (Å²) in [5.74, 6) is 1.39. The van der Waals surface area contributed by atoms with Crippen molar-refractivity contribution in [2.45, 2.75) is 45.6 Å².